The Morgan fingerprint density at radius 1 is 0.360 bits per heavy atom. The molecule has 5 nitrogen and oxygen atoms in total. The van der Waals surface area contributed by atoms with E-state index in [4.69, 9.17) is 19.4 Å². The van der Waals surface area contributed by atoms with Crippen LogP contribution in [-0.2, 0) is 0 Å². The van der Waals surface area contributed by atoms with Crippen LogP contribution in [0.1, 0.15) is 0 Å². The summed E-state index contributed by atoms with van der Waals surface area (Å²) >= 11 is 0. The summed E-state index contributed by atoms with van der Waals surface area (Å²) in [5.74, 6) is 1.76. The molecule has 0 saturated heterocycles. The molecule has 0 spiro atoms. The molecule has 5 heteroatoms. The molecule has 0 fully saturated rings. The molecule has 7 aromatic carbocycles. The van der Waals surface area contributed by atoms with Gasteiger partial charge in [0.1, 0.15) is 11.2 Å². The zero-order chi connectivity index (χ0) is 33.0. The van der Waals surface area contributed by atoms with Crippen molar-refractivity contribution in [3.63, 3.8) is 0 Å². The molecule has 0 aliphatic carbocycles. The number of para-hydroxylation sites is 2. The van der Waals surface area contributed by atoms with E-state index in [0.29, 0.717) is 17.6 Å². The predicted octanol–water partition coefficient (Wildman–Crippen LogP) is 11.5. The average molecular weight is 641 g/mol. The van der Waals surface area contributed by atoms with Gasteiger partial charge in [-0.3, -0.25) is 4.57 Å². The molecule has 0 bridgehead atoms. The van der Waals surface area contributed by atoms with E-state index in [-0.39, 0.29) is 0 Å². The van der Waals surface area contributed by atoms with Crippen LogP contribution in [0.5, 0.6) is 0 Å². The Labute approximate surface area is 287 Å². The molecule has 0 saturated carbocycles. The fourth-order valence-corrected chi connectivity index (χ4v) is 7.08. The third kappa shape index (κ3) is 4.60. The highest BCUT2D eigenvalue weighted by Gasteiger charge is 2.22. The van der Waals surface area contributed by atoms with Crippen LogP contribution in [0.3, 0.4) is 0 Å². The Morgan fingerprint density at radius 3 is 1.48 bits per heavy atom. The Balaban J connectivity index is 1.23. The Hall–Kier alpha value is -6.85. The van der Waals surface area contributed by atoms with Gasteiger partial charge in [0.25, 0.3) is 0 Å². The quantitative estimate of drug-likeness (QED) is 0.188. The van der Waals surface area contributed by atoms with Gasteiger partial charge in [-0.25, -0.2) is 4.98 Å². The summed E-state index contributed by atoms with van der Waals surface area (Å²) in [6.45, 7) is 0. The van der Waals surface area contributed by atoms with Gasteiger partial charge in [0.15, 0.2) is 11.6 Å². The first-order valence-corrected chi connectivity index (χ1v) is 16.7. The molecule has 3 heterocycles. The summed E-state index contributed by atoms with van der Waals surface area (Å²) in [7, 11) is 0. The lowest BCUT2D eigenvalue weighted by Gasteiger charge is -2.12. The van der Waals surface area contributed by atoms with Crippen LogP contribution in [0.15, 0.2) is 174 Å². The summed E-state index contributed by atoms with van der Waals surface area (Å²) < 4.78 is 8.54. The Morgan fingerprint density at radius 2 is 0.860 bits per heavy atom. The van der Waals surface area contributed by atoms with Gasteiger partial charge in [0.2, 0.25) is 5.95 Å². The molecule has 0 aliphatic rings. The number of hydrogen-bond donors (Lipinski definition) is 0. The summed E-state index contributed by atoms with van der Waals surface area (Å²) in [5, 5.41) is 4.33. The number of nitrogens with zero attached hydrogens (tertiary/aromatic N) is 4. The molecule has 0 atom stereocenters. The standard InChI is InChI=1S/C45H28N4O/c1-3-11-29(12-4-1)31-19-23-33(24-20-31)43-46-44(34-25-21-32(22-26-34)30-13-5-2-6-14-30)48-45(47-43)49-38-17-9-7-15-35(38)36-27-28-40-41(42(36)49)37-16-8-10-18-39(37)50-40/h1-28H. The molecular weight excluding hydrogens is 613 g/mol. The van der Waals surface area contributed by atoms with Crippen molar-refractivity contribution in [3.05, 3.63) is 170 Å². The normalized spacial score (nSPS) is 11.6. The fourth-order valence-electron chi connectivity index (χ4n) is 7.08. The molecule has 0 unspecified atom stereocenters. The summed E-state index contributed by atoms with van der Waals surface area (Å²) in [6.07, 6.45) is 0. The zero-order valence-electron chi connectivity index (χ0n) is 26.9. The van der Waals surface area contributed by atoms with Crippen molar-refractivity contribution >= 4 is 43.7 Å². The Kier molecular flexibility index (Phi) is 6.42. The maximum atomic E-state index is 6.36. The largest absolute Gasteiger partial charge is 0.456 e. The number of hydrogen-bond acceptors (Lipinski definition) is 4. The van der Waals surface area contributed by atoms with Crippen LogP contribution in [0.2, 0.25) is 0 Å². The van der Waals surface area contributed by atoms with Crippen LogP contribution in [0, 0.1) is 0 Å². The molecule has 0 N–H and O–H groups in total. The van der Waals surface area contributed by atoms with E-state index in [1.54, 1.807) is 0 Å². The van der Waals surface area contributed by atoms with Crippen molar-refractivity contribution in [1.29, 1.82) is 0 Å². The number of fused-ring (bicyclic) bond motifs is 7. The van der Waals surface area contributed by atoms with E-state index in [2.05, 4.69) is 150 Å². The van der Waals surface area contributed by atoms with Gasteiger partial charge in [-0.1, -0.05) is 146 Å². The van der Waals surface area contributed by atoms with Crippen molar-refractivity contribution in [2.75, 3.05) is 0 Å². The van der Waals surface area contributed by atoms with Crippen molar-refractivity contribution in [2.24, 2.45) is 0 Å². The first-order chi connectivity index (χ1) is 24.8. The molecule has 234 valence electrons. The highest BCUT2D eigenvalue weighted by Crippen LogP contribution is 2.40. The van der Waals surface area contributed by atoms with Crippen LogP contribution < -0.4 is 0 Å². The van der Waals surface area contributed by atoms with Crippen LogP contribution in [0.25, 0.3) is 94.7 Å². The molecule has 10 rings (SSSR count). The van der Waals surface area contributed by atoms with E-state index < -0.39 is 0 Å². The van der Waals surface area contributed by atoms with E-state index >= 15 is 0 Å². The second kappa shape index (κ2) is 11.4. The molecule has 0 radical (unpaired) electrons. The SMILES string of the molecule is c1ccc(-c2ccc(-c3nc(-c4ccc(-c5ccccc5)cc4)nc(-n4c5ccccc5c5ccc6oc7ccccc7c6c54)n3)cc2)cc1. The predicted molar refractivity (Wildman–Crippen MR) is 203 cm³/mol. The second-order valence-corrected chi connectivity index (χ2v) is 12.5. The highest BCUT2D eigenvalue weighted by atomic mass is 16.3. The van der Waals surface area contributed by atoms with E-state index in [1.165, 1.54) is 0 Å². The maximum Gasteiger partial charge on any atom is 0.238 e. The summed E-state index contributed by atoms with van der Waals surface area (Å²) in [5.41, 5.74) is 10.1. The smallest absolute Gasteiger partial charge is 0.238 e. The van der Waals surface area contributed by atoms with Gasteiger partial charge in [0, 0.05) is 27.3 Å². The van der Waals surface area contributed by atoms with Gasteiger partial charge in [0.05, 0.1) is 16.4 Å². The molecule has 3 aromatic heterocycles. The average Bonchev–Trinajstić information content (AvgIpc) is 3.74. The minimum absolute atomic E-state index is 0.549. The topological polar surface area (TPSA) is 56.7 Å². The van der Waals surface area contributed by atoms with Gasteiger partial charge in [-0.2, -0.15) is 9.97 Å². The number of aromatic nitrogens is 4. The van der Waals surface area contributed by atoms with Crippen LogP contribution in [-0.4, -0.2) is 19.5 Å². The molecule has 10 aromatic rings. The number of furan rings is 1. The molecular formula is C45H28N4O. The minimum atomic E-state index is 0.549. The summed E-state index contributed by atoms with van der Waals surface area (Å²) in [4.78, 5) is 15.5. The summed E-state index contributed by atoms with van der Waals surface area (Å²) in [6, 6.07) is 58.5. The van der Waals surface area contributed by atoms with Gasteiger partial charge < -0.3 is 4.42 Å². The van der Waals surface area contributed by atoms with Crippen molar-refractivity contribution < 1.29 is 4.42 Å². The number of rotatable bonds is 5. The molecule has 0 amide bonds. The third-order valence-corrected chi connectivity index (χ3v) is 9.50. The zero-order valence-corrected chi connectivity index (χ0v) is 26.9. The van der Waals surface area contributed by atoms with Gasteiger partial charge >= 0.3 is 0 Å². The number of benzene rings is 7. The van der Waals surface area contributed by atoms with Crippen molar-refractivity contribution in [2.45, 2.75) is 0 Å². The Bertz CT molecular complexity index is 2740. The van der Waals surface area contributed by atoms with Gasteiger partial charge in [-0.15, -0.1) is 0 Å². The molecule has 50 heavy (non-hydrogen) atoms. The van der Waals surface area contributed by atoms with Crippen molar-refractivity contribution in [3.8, 4) is 51.0 Å². The van der Waals surface area contributed by atoms with E-state index in [1.807, 2.05) is 24.3 Å². The van der Waals surface area contributed by atoms with Crippen LogP contribution in [0.4, 0.5) is 0 Å². The van der Waals surface area contributed by atoms with E-state index in [0.717, 1.165) is 77.1 Å². The first-order valence-electron chi connectivity index (χ1n) is 16.7. The lowest BCUT2D eigenvalue weighted by Crippen LogP contribution is -2.06. The minimum Gasteiger partial charge on any atom is -0.456 e. The fraction of sp³-hybridized carbons (Fsp3) is 0. The molecule has 0 aliphatic heterocycles. The van der Waals surface area contributed by atoms with Crippen molar-refractivity contribution in [1.82, 2.24) is 19.5 Å². The first kappa shape index (κ1) is 28.2. The van der Waals surface area contributed by atoms with E-state index in [9.17, 15) is 0 Å². The maximum absolute atomic E-state index is 6.36. The third-order valence-electron chi connectivity index (χ3n) is 9.50. The second-order valence-electron chi connectivity index (χ2n) is 12.5. The lowest BCUT2D eigenvalue weighted by atomic mass is 10.0. The van der Waals surface area contributed by atoms with Gasteiger partial charge in [-0.05, 0) is 46.5 Å². The monoisotopic (exact) mass is 640 g/mol. The highest BCUT2D eigenvalue weighted by molar-refractivity contribution is 6.24. The van der Waals surface area contributed by atoms with Crippen LogP contribution >= 0.6 is 0 Å². The lowest BCUT2D eigenvalue weighted by molar-refractivity contribution is 0.669.